The van der Waals surface area contributed by atoms with Crippen molar-refractivity contribution in [2.75, 3.05) is 32.6 Å². The third kappa shape index (κ3) is 4.12. The van der Waals surface area contributed by atoms with E-state index in [1.54, 1.807) is 35.0 Å². The first kappa shape index (κ1) is 18.4. The average Bonchev–Trinajstić information content (AvgIpc) is 2.56. The number of rotatable bonds is 5. The van der Waals surface area contributed by atoms with Crippen molar-refractivity contribution in [1.29, 1.82) is 0 Å². The number of nitrogens with zero attached hydrogens (tertiary/aromatic N) is 2. The van der Waals surface area contributed by atoms with Gasteiger partial charge >= 0.3 is 6.03 Å². The van der Waals surface area contributed by atoms with Gasteiger partial charge in [0.25, 0.3) is 0 Å². The summed E-state index contributed by atoms with van der Waals surface area (Å²) in [4.78, 5) is 28.4. The summed E-state index contributed by atoms with van der Waals surface area (Å²) in [6.07, 6.45) is 2.54. The molecule has 24 heavy (non-hydrogen) atoms. The Kier molecular flexibility index (Phi) is 6.31. The Morgan fingerprint density at radius 1 is 1.42 bits per heavy atom. The normalized spacial score (nSPS) is 17.8. The Morgan fingerprint density at radius 3 is 2.83 bits per heavy atom. The number of likely N-dealkylation sites (N-methyl/N-ethyl adjacent to an activating group) is 1. The third-order valence-corrected chi connectivity index (χ3v) is 4.44. The van der Waals surface area contributed by atoms with Crippen LogP contribution < -0.4 is 10.1 Å². The van der Waals surface area contributed by atoms with Crippen LogP contribution in [-0.4, -0.2) is 55.0 Å². The molecule has 1 aromatic rings. The van der Waals surface area contributed by atoms with Crippen molar-refractivity contribution < 1.29 is 14.3 Å². The SMILES string of the molecule is CCCC[C@@H]1C(=O)N(C)CCN1C(=O)Nc1cc(Cl)ccc1OC. The minimum absolute atomic E-state index is 0.0112. The van der Waals surface area contributed by atoms with Crippen LogP contribution in [0.4, 0.5) is 10.5 Å². The first-order valence-corrected chi connectivity index (χ1v) is 8.51. The molecule has 6 nitrogen and oxygen atoms in total. The molecule has 1 N–H and O–H groups in total. The number of benzene rings is 1. The number of hydrogen-bond donors (Lipinski definition) is 1. The van der Waals surface area contributed by atoms with E-state index < -0.39 is 6.04 Å². The van der Waals surface area contributed by atoms with Crippen LogP contribution in [0, 0.1) is 0 Å². The zero-order valence-electron chi connectivity index (χ0n) is 14.3. The second-order valence-electron chi connectivity index (χ2n) is 5.89. The molecule has 2 rings (SSSR count). The van der Waals surface area contributed by atoms with Crippen LogP contribution in [0.5, 0.6) is 5.75 Å². The number of nitrogens with one attached hydrogen (secondary N) is 1. The van der Waals surface area contributed by atoms with Gasteiger partial charge in [0.2, 0.25) is 5.91 Å². The standard InChI is InChI=1S/C17H24ClN3O3/c1-4-5-6-14-16(22)20(2)9-10-21(14)17(23)19-13-11-12(18)7-8-15(13)24-3/h7-8,11,14H,4-6,9-10H2,1-3H3,(H,19,23)/t14-/m1/s1. The maximum absolute atomic E-state index is 12.7. The Labute approximate surface area is 147 Å². The van der Waals surface area contributed by atoms with Gasteiger partial charge < -0.3 is 19.9 Å². The molecule has 0 unspecified atom stereocenters. The van der Waals surface area contributed by atoms with E-state index in [0.29, 0.717) is 36.0 Å². The summed E-state index contributed by atoms with van der Waals surface area (Å²) < 4.78 is 5.25. The number of hydrogen-bond acceptors (Lipinski definition) is 3. The molecule has 0 aliphatic carbocycles. The average molecular weight is 354 g/mol. The van der Waals surface area contributed by atoms with Crippen LogP contribution in [0.15, 0.2) is 18.2 Å². The van der Waals surface area contributed by atoms with Gasteiger partial charge in [0.15, 0.2) is 0 Å². The van der Waals surface area contributed by atoms with Gasteiger partial charge in [-0.25, -0.2) is 4.79 Å². The minimum atomic E-state index is -0.422. The molecule has 0 aromatic heterocycles. The van der Waals surface area contributed by atoms with Gasteiger partial charge in [0, 0.05) is 25.2 Å². The number of amides is 3. The Morgan fingerprint density at radius 2 is 2.17 bits per heavy atom. The van der Waals surface area contributed by atoms with Crippen LogP contribution in [-0.2, 0) is 4.79 Å². The van der Waals surface area contributed by atoms with Crippen LogP contribution in [0.2, 0.25) is 5.02 Å². The molecule has 3 amide bonds. The maximum Gasteiger partial charge on any atom is 0.322 e. The van der Waals surface area contributed by atoms with Gasteiger partial charge in [-0.3, -0.25) is 4.79 Å². The fraction of sp³-hybridized carbons (Fsp3) is 0.529. The van der Waals surface area contributed by atoms with Crippen molar-refractivity contribution in [2.45, 2.75) is 32.2 Å². The number of ether oxygens (including phenoxy) is 1. The molecule has 132 valence electrons. The van der Waals surface area contributed by atoms with Crippen LogP contribution in [0.3, 0.4) is 0 Å². The molecular formula is C17H24ClN3O3. The van der Waals surface area contributed by atoms with Crippen molar-refractivity contribution in [2.24, 2.45) is 0 Å². The first-order chi connectivity index (χ1) is 11.5. The number of unbranched alkanes of at least 4 members (excludes halogenated alkanes) is 1. The Hall–Kier alpha value is -1.95. The predicted octanol–water partition coefficient (Wildman–Crippen LogP) is 3.21. The minimum Gasteiger partial charge on any atom is -0.495 e. The van der Waals surface area contributed by atoms with Crippen molar-refractivity contribution in [3.8, 4) is 5.75 Å². The summed E-state index contributed by atoms with van der Waals surface area (Å²) in [5.41, 5.74) is 0.496. The van der Waals surface area contributed by atoms with Crippen molar-refractivity contribution in [3.63, 3.8) is 0 Å². The van der Waals surface area contributed by atoms with Gasteiger partial charge in [0.1, 0.15) is 11.8 Å². The first-order valence-electron chi connectivity index (χ1n) is 8.14. The highest BCUT2D eigenvalue weighted by atomic mass is 35.5. The van der Waals surface area contributed by atoms with Gasteiger partial charge in [0.05, 0.1) is 12.8 Å². The highest BCUT2D eigenvalue weighted by Crippen LogP contribution is 2.28. The van der Waals surface area contributed by atoms with E-state index in [1.807, 2.05) is 0 Å². The molecule has 0 spiro atoms. The van der Waals surface area contributed by atoms with Crippen LogP contribution in [0.1, 0.15) is 26.2 Å². The van der Waals surface area contributed by atoms with E-state index in [9.17, 15) is 9.59 Å². The van der Waals surface area contributed by atoms with Crippen LogP contribution in [0.25, 0.3) is 0 Å². The quantitative estimate of drug-likeness (QED) is 0.884. The number of anilines is 1. The van der Waals surface area contributed by atoms with Crippen molar-refractivity contribution >= 4 is 29.2 Å². The van der Waals surface area contributed by atoms with Gasteiger partial charge in [-0.05, 0) is 24.6 Å². The molecule has 1 heterocycles. The lowest BCUT2D eigenvalue weighted by Crippen LogP contribution is -2.58. The Balaban J connectivity index is 2.17. The fourth-order valence-electron chi connectivity index (χ4n) is 2.80. The summed E-state index contributed by atoms with van der Waals surface area (Å²) in [5.74, 6) is 0.515. The molecular weight excluding hydrogens is 330 g/mol. The van der Waals surface area contributed by atoms with E-state index in [1.165, 1.54) is 7.11 Å². The molecule has 0 saturated carbocycles. The summed E-state index contributed by atoms with van der Waals surface area (Å²) >= 11 is 6.00. The summed E-state index contributed by atoms with van der Waals surface area (Å²) in [7, 11) is 3.30. The van der Waals surface area contributed by atoms with Crippen molar-refractivity contribution in [3.05, 3.63) is 23.2 Å². The number of carbonyl (C=O) groups excluding carboxylic acids is 2. The monoisotopic (exact) mass is 353 g/mol. The van der Waals surface area contributed by atoms with E-state index >= 15 is 0 Å². The van der Waals surface area contributed by atoms with E-state index in [0.717, 1.165) is 12.8 Å². The molecule has 0 radical (unpaired) electrons. The second-order valence-corrected chi connectivity index (χ2v) is 6.32. The highest BCUT2D eigenvalue weighted by Gasteiger charge is 2.35. The number of piperazine rings is 1. The lowest BCUT2D eigenvalue weighted by molar-refractivity contribution is -0.138. The number of halogens is 1. The molecule has 1 saturated heterocycles. The van der Waals surface area contributed by atoms with E-state index in [4.69, 9.17) is 16.3 Å². The van der Waals surface area contributed by atoms with Gasteiger partial charge in [-0.1, -0.05) is 31.4 Å². The topological polar surface area (TPSA) is 61.9 Å². The summed E-state index contributed by atoms with van der Waals surface area (Å²) in [6.45, 7) is 3.10. The summed E-state index contributed by atoms with van der Waals surface area (Å²) in [6, 6.07) is 4.30. The second kappa shape index (κ2) is 8.24. The molecule has 0 bridgehead atoms. The Bertz CT molecular complexity index is 609. The molecule has 1 atom stereocenters. The predicted molar refractivity (Wildman–Crippen MR) is 94.7 cm³/mol. The smallest absolute Gasteiger partial charge is 0.322 e. The fourth-order valence-corrected chi connectivity index (χ4v) is 2.97. The molecule has 1 aliphatic heterocycles. The molecule has 7 heteroatoms. The van der Waals surface area contributed by atoms with Gasteiger partial charge in [-0.15, -0.1) is 0 Å². The van der Waals surface area contributed by atoms with E-state index in [-0.39, 0.29) is 11.9 Å². The van der Waals surface area contributed by atoms with E-state index in [2.05, 4.69) is 12.2 Å². The third-order valence-electron chi connectivity index (χ3n) is 4.21. The molecule has 1 fully saturated rings. The highest BCUT2D eigenvalue weighted by molar-refractivity contribution is 6.31. The zero-order chi connectivity index (χ0) is 17.7. The maximum atomic E-state index is 12.7. The van der Waals surface area contributed by atoms with Crippen LogP contribution >= 0.6 is 11.6 Å². The van der Waals surface area contributed by atoms with Crippen molar-refractivity contribution in [1.82, 2.24) is 9.80 Å². The lowest BCUT2D eigenvalue weighted by Gasteiger charge is -2.39. The van der Waals surface area contributed by atoms with Gasteiger partial charge in [-0.2, -0.15) is 0 Å². The lowest BCUT2D eigenvalue weighted by atomic mass is 10.0. The number of methoxy groups -OCH3 is 1. The molecule has 1 aromatic carbocycles. The number of carbonyl (C=O) groups is 2. The zero-order valence-corrected chi connectivity index (χ0v) is 15.1. The largest absolute Gasteiger partial charge is 0.495 e. The molecule has 1 aliphatic rings. The number of urea groups is 1. The summed E-state index contributed by atoms with van der Waals surface area (Å²) in [5, 5.41) is 3.32.